The van der Waals surface area contributed by atoms with Gasteiger partial charge in [-0.2, -0.15) is 4.31 Å². The van der Waals surface area contributed by atoms with Crippen molar-refractivity contribution in [3.8, 4) is 5.75 Å². The molecule has 1 aliphatic heterocycles. The van der Waals surface area contributed by atoms with E-state index in [-0.39, 0.29) is 30.4 Å². The van der Waals surface area contributed by atoms with Crippen LogP contribution in [-0.2, 0) is 31.0 Å². The fourth-order valence-electron chi connectivity index (χ4n) is 3.91. The Morgan fingerprint density at radius 3 is 2.39 bits per heavy atom. The molecule has 0 aromatic heterocycles. The van der Waals surface area contributed by atoms with Crippen LogP contribution < -0.4 is 9.64 Å². The molecule has 0 spiro atoms. The first-order chi connectivity index (χ1) is 15.7. The Kier molecular flexibility index (Phi) is 7.76. The van der Waals surface area contributed by atoms with E-state index in [1.165, 1.54) is 21.3 Å². The number of carbonyl (C=O) groups excluding carboxylic acids is 2. The van der Waals surface area contributed by atoms with Gasteiger partial charge in [-0.25, -0.2) is 8.42 Å². The molecular weight excluding hydrogens is 444 g/mol. The van der Waals surface area contributed by atoms with E-state index in [4.69, 9.17) is 9.47 Å². The Labute approximate surface area is 195 Å². The minimum Gasteiger partial charge on any atom is -0.496 e. The van der Waals surface area contributed by atoms with Crippen LogP contribution in [-0.4, -0.2) is 51.3 Å². The number of carbonyl (C=O) groups is 2. The molecule has 0 aliphatic carbocycles. The maximum atomic E-state index is 12.7. The molecule has 1 aliphatic rings. The summed E-state index contributed by atoms with van der Waals surface area (Å²) in [6, 6.07) is 11.8. The number of sulfonamides is 1. The third-order valence-electron chi connectivity index (χ3n) is 5.76. The summed E-state index contributed by atoms with van der Waals surface area (Å²) in [6.07, 6.45) is 0.0449. The second-order valence-corrected chi connectivity index (χ2v) is 9.85. The molecule has 3 rings (SSSR count). The number of aryl methyl sites for hydroxylation is 1. The van der Waals surface area contributed by atoms with Gasteiger partial charge in [0.1, 0.15) is 12.4 Å². The number of methoxy groups -OCH3 is 1. The molecule has 8 nitrogen and oxygen atoms in total. The summed E-state index contributed by atoms with van der Waals surface area (Å²) in [5.74, 6) is -0.607. The lowest BCUT2D eigenvalue weighted by Gasteiger charge is -2.20. The van der Waals surface area contributed by atoms with E-state index in [2.05, 4.69) is 0 Å². The molecule has 1 saturated heterocycles. The number of ether oxygens (including phenoxy) is 2. The van der Waals surface area contributed by atoms with Crippen LogP contribution in [0.5, 0.6) is 5.75 Å². The zero-order valence-electron chi connectivity index (χ0n) is 19.4. The highest BCUT2D eigenvalue weighted by Crippen LogP contribution is 2.28. The summed E-state index contributed by atoms with van der Waals surface area (Å²) >= 11 is 0. The molecule has 9 heteroatoms. The molecule has 1 fully saturated rings. The Morgan fingerprint density at radius 2 is 1.79 bits per heavy atom. The van der Waals surface area contributed by atoms with E-state index in [1.807, 2.05) is 25.1 Å². The molecule has 1 heterocycles. The van der Waals surface area contributed by atoms with Gasteiger partial charge in [-0.3, -0.25) is 9.59 Å². The first-order valence-electron chi connectivity index (χ1n) is 10.9. The Morgan fingerprint density at radius 1 is 1.12 bits per heavy atom. The molecule has 1 unspecified atom stereocenters. The third-order valence-corrected chi connectivity index (χ3v) is 7.82. The molecule has 0 saturated carbocycles. The molecular formula is C24H30N2O6S. The van der Waals surface area contributed by atoms with Crippen LogP contribution in [0, 0.1) is 12.8 Å². The van der Waals surface area contributed by atoms with Crippen molar-refractivity contribution < 1.29 is 27.5 Å². The van der Waals surface area contributed by atoms with Gasteiger partial charge in [0.15, 0.2) is 0 Å². The molecule has 2 aromatic rings. The highest BCUT2D eigenvalue weighted by molar-refractivity contribution is 7.89. The van der Waals surface area contributed by atoms with Crippen LogP contribution in [0.15, 0.2) is 47.4 Å². The minimum absolute atomic E-state index is 0.0449. The minimum atomic E-state index is -3.58. The van der Waals surface area contributed by atoms with Crippen LogP contribution in [0.25, 0.3) is 0 Å². The number of rotatable bonds is 9. The monoisotopic (exact) mass is 474 g/mol. The van der Waals surface area contributed by atoms with Crippen molar-refractivity contribution >= 4 is 27.6 Å². The van der Waals surface area contributed by atoms with Gasteiger partial charge in [0.25, 0.3) is 0 Å². The molecule has 1 atom stereocenters. The first kappa shape index (κ1) is 24.7. The molecule has 1 amide bonds. The largest absolute Gasteiger partial charge is 0.496 e. The molecule has 178 valence electrons. The summed E-state index contributed by atoms with van der Waals surface area (Å²) in [5, 5.41) is 0. The van der Waals surface area contributed by atoms with E-state index < -0.39 is 21.9 Å². The van der Waals surface area contributed by atoms with E-state index in [0.717, 1.165) is 11.1 Å². The highest BCUT2D eigenvalue weighted by atomic mass is 32.2. The van der Waals surface area contributed by atoms with Crippen molar-refractivity contribution in [2.75, 3.05) is 31.6 Å². The van der Waals surface area contributed by atoms with E-state index >= 15 is 0 Å². The summed E-state index contributed by atoms with van der Waals surface area (Å²) in [5.41, 5.74) is 2.33. The average Bonchev–Trinajstić information content (AvgIpc) is 3.20. The van der Waals surface area contributed by atoms with E-state index in [0.29, 0.717) is 24.5 Å². The highest BCUT2D eigenvalue weighted by Gasteiger charge is 2.36. The normalized spacial score (nSPS) is 16.3. The van der Waals surface area contributed by atoms with Crippen molar-refractivity contribution in [1.82, 2.24) is 4.31 Å². The quantitative estimate of drug-likeness (QED) is 0.519. The lowest BCUT2D eigenvalue weighted by Crippen LogP contribution is -2.30. The SMILES string of the molecule is CCN(CC)S(=O)(=O)c1ccc(N2CC(C(=O)OCc3cc(C)ccc3OC)CC2=O)cc1. The van der Waals surface area contributed by atoms with Gasteiger partial charge in [-0.1, -0.05) is 25.5 Å². The van der Waals surface area contributed by atoms with Crippen LogP contribution in [0.1, 0.15) is 31.4 Å². The van der Waals surface area contributed by atoms with Gasteiger partial charge in [0, 0.05) is 37.3 Å². The Balaban J connectivity index is 1.66. The summed E-state index contributed by atoms with van der Waals surface area (Å²) in [7, 11) is -2.02. The van der Waals surface area contributed by atoms with Crippen LogP contribution in [0.2, 0.25) is 0 Å². The van der Waals surface area contributed by atoms with E-state index in [1.54, 1.807) is 33.1 Å². The van der Waals surface area contributed by atoms with Crippen LogP contribution in [0.3, 0.4) is 0 Å². The summed E-state index contributed by atoms with van der Waals surface area (Å²) < 4.78 is 37.5. The number of hydrogen-bond acceptors (Lipinski definition) is 6. The van der Waals surface area contributed by atoms with Gasteiger partial charge in [-0.15, -0.1) is 0 Å². The zero-order valence-corrected chi connectivity index (χ0v) is 20.2. The fraction of sp³-hybridized carbons (Fsp3) is 0.417. The number of amides is 1. The van der Waals surface area contributed by atoms with Crippen molar-refractivity contribution in [2.24, 2.45) is 5.92 Å². The topological polar surface area (TPSA) is 93.2 Å². The maximum Gasteiger partial charge on any atom is 0.311 e. The molecule has 33 heavy (non-hydrogen) atoms. The fourth-order valence-corrected chi connectivity index (χ4v) is 5.37. The Hall–Kier alpha value is -2.91. The average molecular weight is 475 g/mol. The zero-order chi connectivity index (χ0) is 24.2. The molecule has 0 N–H and O–H groups in total. The maximum absolute atomic E-state index is 12.7. The predicted octanol–water partition coefficient (Wildman–Crippen LogP) is 3.13. The second-order valence-electron chi connectivity index (χ2n) is 7.91. The van der Waals surface area contributed by atoms with Gasteiger partial charge in [0.05, 0.1) is 17.9 Å². The van der Waals surface area contributed by atoms with Crippen molar-refractivity contribution in [3.05, 3.63) is 53.6 Å². The first-order valence-corrected chi connectivity index (χ1v) is 12.4. The molecule has 2 aromatic carbocycles. The number of hydrogen-bond donors (Lipinski definition) is 0. The standard InChI is InChI=1S/C24H30N2O6S/c1-5-25(6-2)33(29,30)21-10-8-20(9-11-21)26-15-18(14-23(26)27)24(28)32-16-19-13-17(3)7-12-22(19)31-4/h7-13,18H,5-6,14-16H2,1-4H3. The lowest BCUT2D eigenvalue weighted by atomic mass is 10.1. The number of nitrogens with zero attached hydrogens (tertiary/aromatic N) is 2. The summed E-state index contributed by atoms with van der Waals surface area (Å²) in [6.45, 7) is 6.51. The lowest BCUT2D eigenvalue weighted by molar-refractivity contribution is -0.149. The number of esters is 1. The van der Waals surface area contributed by atoms with Gasteiger partial charge in [0.2, 0.25) is 15.9 Å². The smallest absolute Gasteiger partial charge is 0.311 e. The van der Waals surface area contributed by atoms with E-state index in [9.17, 15) is 18.0 Å². The number of anilines is 1. The van der Waals surface area contributed by atoms with Crippen LogP contribution >= 0.6 is 0 Å². The van der Waals surface area contributed by atoms with Crippen LogP contribution in [0.4, 0.5) is 5.69 Å². The molecule has 0 radical (unpaired) electrons. The second kappa shape index (κ2) is 10.4. The molecule has 0 bridgehead atoms. The van der Waals surface area contributed by atoms with Gasteiger partial charge >= 0.3 is 5.97 Å². The van der Waals surface area contributed by atoms with Gasteiger partial charge < -0.3 is 14.4 Å². The number of benzene rings is 2. The Bertz CT molecular complexity index is 1110. The predicted molar refractivity (Wildman–Crippen MR) is 125 cm³/mol. The van der Waals surface area contributed by atoms with Crippen molar-refractivity contribution in [3.63, 3.8) is 0 Å². The summed E-state index contributed by atoms with van der Waals surface area (Å²) in [4.78, 5) is 26.9. The van der Waals surface area contributed by atoms with Gasteiger partial charge in [-0.05, 0) is 43.3 Å². The van der Waals surface area contributed by atoms with Crippen molar-refractivity contribution in [2.45, 2.75) is 38.7 Å². The third kappa shape index (κ3) is 5.36. The van der Waals surface area contributed by atoms with Crippen molar-refractivity contribution in [1.29, 1.82) is 0 Å².